The van der Waals surface area contributed by atoms with Crippen LogP contribution in [0.5, 0.6) is 0 Å². The summed E-state index contributed by atoms with van der Waals surface area (Å²) in [6, 6.07) is 1.09. The van der Waals surface area contributed by atoms with Crippen molar-refractivity contribution in [1.29, 1.82) is 0 Å². The molecule has 1 nitrogen and oxygen atoms in total. The fourth-order valence-corrected chi connectivity index (χ4v) is 2.51. The lowest BCUT2D eigenvalue weighted by Gasteiger charge is -2.03. The van der Waals surface area contributed by atoms with Crippen molar-refractivity contribution in [3.8, 4) is 0 Å². The molecule has 0 saturated heterocycles. The van der Waals surface area contributed by atoms with E-state index in [4.69, 9.17) is 15.5 Å². The van der Waals surface area contributed by atoms with Crippen LogP contribution in [0.3, 0.4) is 0 Å². The average Bonchev–Trinajstić information content (AvgIpc) is 1.68. The van der Waals surface area contributed by atoms with Crippen molar-refractivity contribution >= 4 is 19.4 Å². The highest BCUT2D eigenvalue weighted by molar-refractivity contribution is 7.03. The first-order valence-electron chi connectivity index (χ1n) is 3.07. The van der Waals surface area contributed by atoms with Gasteiger partial charge in [-0.2, -0.15) is 0 Å². The third kappa shape index (κ3) is 4.62. The van der Waals surface area contributed by atoms with Gasteiger partial charge in [0.2, 0.25) is 0 Å². The quantitative estimate of drug-likeness (QED) is 0.442. The van der Waals surface area contributed by atoms with Crippen molar-refractivity contribution in [3.63, 3.8) is 0 Å². The summed E-state index contributed by atoms with van der Waals surface area (Å²) in [5.41, 5.74) is 0. The molecule has 1 unspecified atom stereocenters. The standard InChI is InChI=1S/C5H13ClOSi/c1-3-5-8(6)7-4-2/h8H,3-5H2,1-2H3. The van der Waals surface area contributed by atoms with Gasteiger partial charge in [0.15, 0.2) is 0 Å². The number of hydrogen-bond donors (Lipinski definition) is 0. The molecule has 0 aliphatic rings. The van der Waals surface area contributed by atoms with Crippen LogP contribution >= 0.6 is 11.1 Å². The molecule has 3 heteroatoms. The van der Waals surface area contributed by atoms with Gasteiger partial charge < -0.3 is 4.43 Å². The molecule has 0 bridgehead atoms. The lowest BCUT2D eigenvalue weighted by molar-refractivity contribution is 0.354. The minimum atomic E-state index is -1.23. The Kier molecular flexibility index (Phi) is 5.93. The predicted molar refractivity (Wildman–Crippen MR) is 39.7 cm³/mol. The minimum Gasteiger partial charge on any atom is -0.406 e. The maximum atomic E-state index is 5.80. The van der Waals surface area contributed by atoms with Crippen LogP contribution in [-0.4, -0.2) is 15.0 Å². The van der Waals surface area contributed by atoms with Crippen molar-refractivity contribution in [2.24, 2.45) is 0 Å². The third-order valence-corrected chi connectivity index (χ3v) is 3.62. The maximum absolute atomic E-state index is 5.80. The number of hydrogen-bond acceptors (Lipinski definition) is 1. The molecule has 0 heterocycles. The van der Waals surface area contributed by atoms with E-state index in [-0.39, 0.29) is 0 Å². The van der Waals surface area contributed by atoms with Gasteiger partial charge in [-0.15, -0.1) is 11.1 Å². The molecule has 8 heavy (non-hydrogen) atoms. The third-order valence-electron chi connectivity index (χ3n) is 0.863. The topological polar surface area (TPSA) is 9.23 Å². The normalized spacial score (nSPS) is 13.9. The molecule has 0 saturated carbocycles. The Hall–Kier alpha value is 0.467. The minimum absolute atomic E-state index is 0.778. The molecule has 0 spiro atoms. The monoisotopic (exact) mass is 152 g/mol. The fourth-order valence-electron chi connectivity index (χ4n) is 0.491. The average molecular weight is 153 g/mol. The van der Waals surface area contributed by atoms with Crippen LogP contribution in [0.1, 0.15) is 20.3 Å². The molecule has 0 aromatic rings. The summed E-state index contributed by atoms with van der Waals surface area (Å²) in [7, 11) is -1.23. The van der Waals surface area contributed by atoms with Gasteiger partial charge in [0, 0.05) is 6.61 Å². The summed E-state index contributed by atoms with van der Waals surface area (Å²) < 4.78 is 5.19. The molecule has 0 N–H and O–H groups in total. The van der Waals surface area contributed by atoms with E-state index < -0.39 is 8.35 Å². The van der Waals surface area contributed by atoms with Crippen LogP contribution in [-0.2, 0) is 4.43 Å². The zero-order valence-corrected chi connectivity index (χ0v) is 7.40. The largest absolute Gasteiger partial charge is 0.406 e. The lowest BCUT2D eigenvalue weighted by Crippen LogP contribution is -2.08. The van der Waals surface area contributed by atoms with Crippen LogP contribution in [0.25, 0.3) is 0 Å². The second kappa shape index (κ2) is 5.60. The van der Waals surface area contributed by atoms with E-state index in [9.17, 15) is 0 Å². The van der Waals surface area contributed by atoms with Crippen molar-refractivity contribution in [1.82, 2.24) is 0 Å². The van der Waals surface area contributed by atoms with Crippen LogP contribution in [0.2, 0.25) is 6.04 Å². The van der Waals surface area contributed by atoms with E-state index >= 15 is 0 Å². The van der Waals surface area contributed by atoms with Gasteiger partial charge in [0.05, 0.1) is 0 Å². The first-order chi connectivity index (χ1) is 3.81. The second-order valence-electron chi connectivity index (χ2n) is 1.65. The Labute approximate surface area is 57.4 Å². The molecular formula is C5H13ClOSi. The summed E-state index contributed by atoms with van der Waals surface area (Å²) in [5, 5.41) is 0. The van der Waals surface area contributed by atoms with E-state index in [1.807, 2.05) is 6.92 Å². The number of halogens is 1. The molecule has 0 radical (unpaired) electrons. The summed E-state index contributed by atoms with van der Waals surface area (Å²) >= 11 is 5.80. The second-order valence-corrected chi connectivity index (χ2v) is 4.85. The van der Waals surface area contributed by atoms with Gasteiger partial charge in [-0.3, -0.25) is 0 Å². The first-order valence-corrected chi connectivity index (χ1v) is 6.10. The lowest BCUT2D eigenvalue weighted by atomic mass is 10.6. The Morgan fingerprint density at radius 1 is 1.50 bits per heavy atom. The molecule has 0 rings (SSSR count). The first kappa shape index (κ1) is 8.47. The molecule has 0 aromatic heterocycles. The predicted octanol–water partition coefficient (Wildman–Crippen LogP) is 1.89. The zero-order valence-electron chi connectivity index (χ0n) is 5.48. The van der Waals surface area contributed by atoms with Gasteiger partial charge in [-0.05, 0) is 13.0 Å². The zero-order chi connectivity index (χ0) is 6.41. The summed E-state index contributed by atoms with van der Waals surface area (Å²) in [5.74, 6) is 0. The highest BCUT2D eigenvalue weighted by Crippen LogP contribution is 2.01. The Morgan fingerprint density at radius 2 is 2.12 bits per heavy atom. The van der Waals surface area contributed by atoms with E-state index in [0.717, 1.165) is 19.1 Å². The van der Waals surface area contributed by atoms with Crippen molar-refractivity contribution in [2.45, 2.75) is 26.3 Å². The molecular weight excluding hydrogens is 140 g/mol. The molecule has 0 aliphatic heterocycles. The van der Waals surface area contributed by atoms with E-state index in [1.54, 1.807) is 0 Å². The van der Waals surface area contributed by atoms with Gasteiger partial charge in [0.1, 0.15) is 0 Å². The van der Waals surface area contributed by atoms with Crippen LogP contribution in [0, 0.1) is 0 Å². The molecule has 0 aliphatic carbocycles. The van der Waals surface area contributed by atoms with Crippen LogP contribution < -0.4 is 0 Å². The number of rotatable bonds is 4. The summed E-state index contributed by atoms with van der Waals surface area (Å²) in [6.07, 6.45) is 1.15. The fraction of sp³-hybridized carbons (Fsp3) is 1.00. The molecule has 0 amide bonds. The van der Waals surface area contributed by atoms with E-state index in [2.05, 4.69) is 6.92 Å². The summed E-state index contributed by atoms with van der Waals surface area (Å²) in [6.45, 7) is 4.89. The molecule has 0 aromatic carbocycles. The van der Waals surface area contributed by atoms with Gasteiger partial charge in [-0.25, -0.2) is 0 Å². The SMILES string of the molecule is CCC[SiH](Cl)OCC. The van der Waals surface area contributed by atoms with Gasteiger partial charge in [0.25, 0.3) is 8.35 Å². The van der Waals surface area contributed by atoms with E-state index in [0.29, 0.717) is 0 Å². The van der Waals surface area contributed by atoms with Crippen molar-refractivity contribution in [2.75, 3.05) is 6.61 Å². The van der Waals surface area contributed by atoms with Crippen molar-refractivity contribution in [3.05, 3.63) is 0 Å². The highest BCUT2D eigenvalue weighted by Gasteiger charge is 2.02. The Bertz CT molecular complexity index is 45.7. The Balaban J connectivity index is 2.92. The maximum Gasteiger partial charge on any atom is 0.273 e. The Morgan fingerprint density at radius 3 is 2.50 bits per heavy atom. The van der Waals surface area contributed by atoms with Crippen LogP contribution in [0.4, 0.5) is 0 Å². The van der Waals surface area contributed by atoms with Crippen molar-refractivity contribution < 1.29 is 4.43 Å². The molecule has 50 valence electrons. The van der Waals surface area contributed by atoms with Gasteiger partial charge >= 0.3 is 0 Å². The van der Waals surface area contributed by atoms with E-state index in [1.165, 1.54) is 0 Å². The van der Waals surface area contributed by atoms with Crippen LogP contribution in [0.15, 0.2) is 0 Å². The molecule has 0 fully saturated rings. The summed E-state index contributed by atoms with van der Waals surface area (Å²) in [4.78, 5) is 0. The smallest absolute Gasteiger partial charge is 0.273 e. The van der Waals surface area contributed by atoms with Gasteiger partial charge in [-0.1, -0.05) is 13.3 Å². The molecule has 1 atom stereocenters. The highest BCUT2D eigenvalue weighted by atomic mass is 35.6.